The van der Waals surface area contributed by atoms with E-state index in [1.54, 1.807) is 0 Å². The van der Waals surface area contributed by atoms with E-state index >= 15 is 0 Å². The summed E-state index contributed by atoms with van der Waals surface area (Å²) in [6.07, 6.45) is 1.08. The molecule has 2 rings (SSSR count). The molecule has 6 nitrogen and oxygen atoms in total. The van der Waals surface area contributed by atoms with Crippen molar-refractivity contribution in [2.45, 2.75) is 19.4 Å². The standard InChI is InChI=1S/C12H18N4O2/c1-8-6-10(14-9-4-5-16(2)7-9)15-11(13-8)12(17)18-3/h6,9H,4-5,7H2,1-3H3,(H,13,14,15). The first-order valence-electron chi connectivity index (χ1n) is 5.97. The lowest BCUT2D eigenvalue weighted by molar-refractivity contribution is 0.0586. The summed E-state index contributed by atoms with van der Waals surface area (Å²) in [5.41, 5.74) is 0.749. The highest BCUT2D eigenvalue weighted by atomic mass is 16.5. The van der Waals surface area contributed by atoms with E-state index in [1.165, 1.54) is 7.11 Å². The van der Waals surface area contributed by atoms with Crippen molar-refractivity contribution in [3.8, 4) is 0 Å². The quantitative estimate of drug-likeness (QED) is 0.796. The fourth-order valence-corrected chi connectivity index (χ4v) is 2.09. The van der Waals surface area contributed by atoms with Gasteiger partial charge in [0.05, 0.1) is 7.11 Å². The van der Waals surface area contributed by atoms with Gasteiger partial charge in [0, 0.05) is 24.3 Å². The number of aromatic nitrogens is 2. The zero-order valence-electron chi connectivity index (χ0n) is 10.9. The molecule has 1 saturated heterocycles. The molecule has 0 radical (unpaired) electrons. The van der Waals surface area contributed by atoms with Gasteiger partial charge in [-0.2, -0.15) is 0 Å². The Kier molecular flexibility index (Phi) is 3.76. The highest BCUT2D eigenvalue weighted by molar-refractivity contribution is 5.85. The van der Waals surface area contributed by atoms with E-state index in [9.17, 15) is 4.79 Å². The Balaban J connectivity index is 2.12. The summed E-state index contributed by atoms with van der Waals surface area (Å²) in [5, 5.41) is 3.33. The molecule has 0 spiro atoms. The van der Waals surface area contributed by atoms with E-state index < -0.39 is 5.97 Å². The van der Waals surface area contributed by atoms with Crippen LogP contribution in [0.15, 0.2) is 6.07 Å². The Morgan fingerprint density at radius 3 is 2.94 bits per heavy atom. The van der Waals surface area contributed by atoms with Gasteiger partial charge in [0.1, 0.15) is 5.82 Å². The third kappa shape index (κ3) is 2.95. The Morgan fingerprint density at radius 1 is 1.56 bits per heavy atom. The maximum atomic E-state index is 11.4. The van der Waals surface area contributed by atoms with Gasteiger partial charge in [-0.1, -0.05) is 0 Å². The number of rotatable bonds is 3. The minimum Gasteiger partial charge on any atom is -0.463 e. The molecule has 1 unspecified atom stereocenters. The molecule has 1 N–H and O–H groups in total. The van der Waals surface area contributed by atoms with Crippen LogP contribution in [-0.4, -0.2) is 54.1 Å². The van der Waals surface area contributed by atoms with E-state index in [-0.39, 0.29) is 5.82 Å². The number of likely N-dealkylation sites (tertiary alicyclic amines) is 1. The van der Waals surface area contributed by atoms with Crippen molar-refractivity contribution in [1.29, 1.82) is 0 Å². The number of nitrogens with one attached hydrogen (secondary N) is 1. The van der Waals surface area contributed by atoms with E-state index in [0.717, 1.165) is 25.2 Å². The van der Waals surface area contributed by atoms with Crippen molar-refractivity contribution >= 4 is 11.8 Å². The largest absolute Gasteiger partial charge is 0.463 e. The number of likely N-dealkylation sites (N-methyl/N-ethyl adjacent to an activating group) is 1. The lowest BCUT2D eigenvalue weighted by Gasteiger charge is -2.14. The van der Waals surface area contributed by atoms with Gasteiger partial charge < -0.3 is 15.0 Å². The molecule has 1 aromatic heterocycles. The van der Waals surface area contributed by atoms with Crippen LogP contribution in [0.5, 0.6) is 0 Å². The van der Waals surface area contributed by atoms with Crippen molar-refractivity contribution in [1.82, 2.24) is 14.9 Å². The normalized spacial score (nSPS) is 19.8. The molecule has 0 aromatic carbocycles. The Morgan fingerprint density at radius 2 is 2.33 bits per heavy atom. The van der Waals surface area contributed by atoms with Crippen LogP contribution in [0.1, 0.15) is 22.7 Å². The second kappa shape index (κ2) is 5.30. The number of hydrogen-bond acceptors (Lipinski definition) is 6. The number of aryl methyl sites for hydroxylation is 1. The van der Waals surface area contributed by atoms with E-state index in [0.29, 0.717) is 11.9 Å². The van der Waals surface area contributed by atoms with Gasteiger partial charge in [0.25, 0.3) is 0 Å². The average Bonchev–Trinajstić information content (AvgIpc) is 2.73. The number of esters is 1. The Hall–Kier alpha value is -1.69. The summed E-state index contributed by atoms with van der Waals surface area (Å²) in [7, 11) is 3.42. The van der Waals surface area contributed by atoms with Crippen LogP contribution >= 0.6 is 0 Å². The molecule has 0 aliphatic carbocycles. The maximum Gasteiger partial charge on any atom is 0.376 e. The van der Waals surface area contributed by atoms with Gasteiger partial charge in [-0.25, -0.2) is 14.8 Å². The second-order valence-corrected chi connectivity index (χ2v) is 4.60. The molecule has 0 bridgehead atoms. The van der Waals surface area contributed by atoms with Gasteiger partial charge in [-0.15, -0.1) is 0 Å². The molecule has 2 heterocycles. The van der Waals surface area contributed by atoms with Gasteiger partial charge in [0.2, 0.25) is 5.82 Å². The predicted molar refractivity (Wildman–Crippen MR) is 67.6 cm³/mol. The number of carbonyl (C=O) groups is 1. The van der Waals surface area contributed by atoms with Gasteiger partial charge in [-0.3, -0.25) is 0 Å². The number of methoxy groups -OCH3 is 1. The number of anilines is 1. The fraction of sp³-hybridized carbons (Fsp3) is 0.583. The fourth-order valence-electron chi connectivity index (χ4n) is 2.09. The smallest absolute Gasteiger partial charge is 0.376 e. The van der Waals surface area contributed by atoms with Gasteiger partial charge >= 0.3 is 5.97 Å². The molecule has 6 heteroatoms. The summed E-state index contributed by atoms with van der Waals surface area (Å²) in [6, 6.07) is 2.21. The predicted octanol–water partition coefficient (Wildman–Crippen LogP) is 0.688. The molecule has 0 amide bonds. The number of ether oxygens (including phenoxy) is 1. The Labute approximate surface area is 106 Å². The molecule has 98 valence electrons. The summed E-state index contributed by atoms with van der Waals surface area (Å²) >= 11 is 0. The molecular weight excluding hydrogens is 232 g/mol. The van der Waals surface area contributed by atoms with Crippen LogP contribution < -0.4 is 5.32 Å². The topological polar surface area (TPSA) is 67.3 Å². The Bertz CT molecular complexity index is 450. The first-order valence-corrected chi connectivity index (χ1v) is 5.97. The highest BCUT2D eigenvalue weighted by Gasteiger charge is 2.20. The lowest BCUT2D eigenvalue weighted by atomic mass is 10.2. The van der Waals surface area contributed by atoms with Crippen molar-refractivity contribution in [2.24, 2.45) is 0 Å². The van der Waals surface area contributed by atoms with Gasteiger partial charge in [0.15, 0.2) is 0 Å². The van der Waals surface area contributed by atoms with Crippen molar-refractivity contribution in [3.05, 3.63) is 17.6 Å². The van der Waals surface area contributed by atoms with Crippen LogP contribution in [-0.2, 0) is 4.74 Å². The first kappa shape index (κ1) is 12.8. The van der Waals surface area contributed by atoms with Crippen molar-refractivity contribution < 1.29 is 9.53 Å². The molecular formula is C12H18N4O2. The van der Waals surface area contributed by atoms with Crippen LogP contribution in [0.4, 0.5) is 5.82 Å². The summed E-state index contributed by atoms with van der Waals surface area (Å²) in [6.45, 7) is 3.89. The van der Waals surface area contributed by atoms with E-state index in [4.69, 9.17) is 0 Å². The zero-order valence-corrected chi connectivity index (χ0v) is 10.9. The first-order chi connectivity index (χ1) is 8.58. The number of hydrogen-bond donors (Lipinski definition) is 1. The maximum absolute atomic E-state index is 11.4. The van der Waals surface area contributed by atoms with Crippen molar-refractivity contribution in [2.75, 3.05) is 32.6 Å². The van der Waals surface area contributed by atoms with Crippen LogP contribution in [0.3, 0.4) is 0 Å². The molecule has 1 aliphatic heterocycles. The molecule has 1 aromatic rings. The second-order valence-electron chi connectivity index (χ2n) is 4.60. The highest BCUT2D eigenvalue weighted by Crippen LogP contribution is 2.14. The number of nitrogens with zero attached hydrogens (tertiary/aromatic N) is 3. The van der Waals surface area contributed by atoms with E-state index in [1.807, 2.05) is 13.0 Å². The molecule has 18 heavy (non-hydrogen) atoms. The molecule has 1 aliphatic rings. The third-order valence-corrected chi connectivity index (χ3v) is 2.97. The van der Waals surface area contributed by atoms with Crippen LogP contribution in [0.25, 0.3) is 0 Å². The lowest BCUT2D eigenvalue weighted by Crippen LogP contribution is -2.24. The summed E-state index contributed by atoms with van der Waals surface area (Å²) in [4.78, 5) is 21.9. The van der Waals surface area contributed by atoms with Crippen molar-refractivity contribution in [3.63, 3.8) is 0 Å². The third-order valence-electron chi connectivity index (χ3n) is 2.97. The van der Waals surface area contributed by atoms with Gasteiger partial charge in [-0.05, 0) is 26.9 Å². The van der Waals surface area contributed by atoms with E-state index in [2.05, 4.69) is 32.0 Å². The number of carbonyl (C=O) groups excluding carboxylic acids is 1. The SMILES string of the molecule is COC(=O)c1nc(C)cc(NC2CCN(C)C2)n1. The summed E-state index contributed by atoms with van der Waals surface area (Å²) < 4.78 is 4.63. The molecule has 1 fully saturated rings. The average molecular weight is 250 g/mol. The minimum absolute atomic E-state index is 0.103. The molecule has 1 atom stereocenters. The van der Waals surface area contributed by atoms with Crippen LogP contribution in [0, 0.1) is 6.92 Å². The minimum atomic E-state index is -0.509. The zero-order chi connectivity index (χ0) is 13.1. The monoisotopic (exact) mass is 250 g/mol. The van der Waals surface area contributed by atoms with Crippen LogP contribution in [0.2, 0.25) is 0 Å². The summed E-state index contributed by atoms with van der Waals surface area (Å²) in [5.74, 6) is 0.278. The molecule has 0 saturated carbocycles.